The average Bonchev–Trinajstić information content (AvgIpc) is 2.52. The van der Waals surface area contributed by atoms with Crippen LogP contribution in [-0.4, -0.2) is 60.3 Å². The standard InChI is InChI=1S/C20H31N3O2/c1-16(24)14-20(2,3)21-19(25)10-11-23-13-12-22(4)15-18(23)17-8-6-5-7-9-17/h5-9,18H,10-15H2,1-4H3,(H,21,25)/t18-/m1/s1. The quantitative estimate of drug-likeness (QED) is 0.823. The van der Waals surface area contributed by atoms with E-state index in [0.29, 0.717) is 18.9 Å². The molecule has 1 N–H and O–H groups in total. The molecule has 1 atom stereocenters. The predicted molar refractivity (Wildman–Crippen MR) is 100 cm³/mol. The van der Waals surface area contributed by atoms with Crippen molar-refractivity contribution in [1.29, 1.82) is 0 Å². The zero-order chi connectivity index (χ0) is 18.4. The summed E-state index contributed by atoms with van der Waals surface area (Å²) >= 11 is 0. The van der Waals surface area contributed by atoms with Crippen LogP contribution in [0.25, 0.3) is 0 Å². The lowest BCUT2D eigenvalue weighted by Gasteiger charge is -2.40. The number of piperazine rings is 1. The van der Waals surface area contributed by atoms with Crippen molar-refractivity contribution < 1.29 is 9.59 Å². The molecule has 1 aromatic carbocycles. The summed E-state index contributed by atoms with van der Waals surface area (Å²) in [6.45, 7) is 9.03. The first-order valence-corrected chi connectivity index (χ1v) is 9.05. The zero-order valence-corrected chi connectivity index (χ0v) is 15.9. The maximum absolute atomic E-state index is 12.3. The number of ketones is 1. The van der Waals surface area contributed by atoms with Gasteiger partial charge in [-0.15, -0.1) is 0 Å². The molecule has 1 saturated heterocycles. The highest BCUT2D eigenvalue weighted by Gasteiger charge is 2.27. The second kappa shape index (κ2) is 8.59. The van der Waals surface area contributed by atoms with Crippen LogP contribution in [0, 0.1) is 0 Å². The Hall–Kier alpha value is -1.72. The number of carbonyl (C=O) groups excluding carboxylic acids is 2. The third-order valence-electron chi connectivity index (χ3n) is 4.67. The Morgan fingerprint density at radius 3 is 2.52 bits per heavy atom. The molecule has 0 saturated carbocycles. The molecule has 1 fully saturated rings. The van der Waals surface area contributed by atoms with Gasteiger partial charge in [0.15, 0.2) is 0 Å². The molecular weight excluding hydrogens is 314 g/mol. The smallest absolute Gasteiger partial charge is 0.221 e. The van der Waals surface area contributed by atoms with Gasteiger partial charge in [-0.05, 0) is 33.4 Å². The van der Waals surface area contributed by atoms with Crippen LogP contribution < -0.4 is 5.32 Å². The molecule has 25 heavy (non-hydrogen) atoms. The Balaban J connectivity index is 1.93. The highest BCUT2D eigenvalue weighted by molar-refractivity contribution is 5.80. The molecule has 2 rings (SSSR count). The minimum absolute atomic E-state index is 0.0111. The lowest BCUT2D eigenvalue weighted by molar-refractivity contribution is -0.124. The molecular formula is C20H31N3O2. The topological polar surface area (TPSA) is 52.7 Å². The van der Waals surface area contributed by atoms with Crippen molar-refractivity contribution in [2.45, 2.75) is 45.2 Å². The number of rotatable bonds is 7. The molecule has 1 amide bonds. The molecule has 1 heterocycles. The van der Waals surface area contributed by atoms with Crippen LogP contribution in [-0.2, 0) is 9.59 Å². The van der Waals surface area contributed by atoms with Crippen molar-refractivity contribution in [2.24, 2.45) is 0 Å². The first-order chi connectivity index (χ1) is 11.8. The second-order valence-corrected chi connectivity index (χ2v) is 7.79. The van der Waals surface area contributed by atoms with Crippen molar-refractivity contribution >= 4 is 11.7 Å². The SMILES string of the molecule is CC(=O)CC(C)(C)NC(=O)CCN1CCN(C)C[C@@H]1c1ccccc1. The second-order valence-electron chi connectivity index (χ2n) is 7.79. The van der Waals surface area contributed by atoms with E-state index in [0.717, 1.165) is 26.2 Å². The third kappa shape index (κ3) is 6.25. The number of Topliss-reactive ketones (excluding diaryl/α,β-unsaturated/α-hetero) is 1. The van der Waals surface area contributed by atoms with Crippen LogP contribution >= 0.6 is 0 Å². The lowest BCUT2D eigenvalue weighted by atomic mass is 9.98. The van der Waals surface area contributed by atoms with Gasteiger partial charge in [0.05, 0.1) is 0 Å². The molecule has 138 valence electrons. The first-order valence-electron chi connectivity index (χ1n) is 9.05. The molecule has 1 aliphatic heterocycles. The largest absolute Gasteiger partial charge is 0.351 e. The van der Waals surface area contributed by atoms with E-state index in [4.69, 9.17) is 0 Å². The number of hydrogen-bond donors (Lipinski definition) is 1. The molecule has 0 spiro atoms. The monoisotopic (exact) mass is 345 g/mol. The van der Waals surface area contributed by atoms with Gasteiger partial charge in [0, 0.05) is 50.6 Å². The van der Waals surface area contributed by atoms with Crippen LogP contribution in [0.1, 0.15) is 45.2 Å². The zero-order valence-electron chi connectivity index (χ0n) is 15.9. The van der Waals surface area contributed by atoms with Crippen molar-refractivity contribution in [1.82, 2.24) is 15.1 Å². The van der Waals surface area contributed by atoms with Gasteiger partial charge in [-0.1, -0.05) is 30.3 Å². The number of nitrogens with zero attached hydrogens (tertiary/aromatic N) is 2. The number of carbonyl (C=O) groups is 2. The van der Waals surface area contributed by atoms with Crippen molar-refractivity contribution in [3.05, 3.63) is 35.9 Å². The van der Waals surface area contributed by atoms with E-state index in [1.54, 1.807) is 6.92 Å². The molecule has 1 aliphatic rings. The summed E-state index contributed by atoms with van der Waals surface area (Å²) in [6, 6.07) is 10.8. The summed E-state index contributed by atoms with van der Waals surface area (Å²) in [5, 5.41) is 2.99. The van der Waals surface area contributed by atoms with E-state index in [2.05, 4.69) is 46.4 Å². The summed E-state index contributed by atoms with van der Waals surface area (Å²) in [6.07, 6.45) is 0.814. The van der Waals surface area contributed by atoms with E-state index in [9.17, 15) is 9.59 Å². The summed E-state index contributed by atoms with van der Waals surface area (Å²) in [4.78, 5) is 28.4. The number of likely N-dealkylation sites (N-methyl/N-ethyl adjacent to an activating group) is 1. The van der Waals surface area contributed by atoms with Crippen LogP contribution in [0.5, 0.6) is 0 Å². The first kappa shape index (κ1) is 19.6. The van der Waals surface area contributed by atoms with E-state index in [1.165, 1.54) is 5.56 Å². The van der Waals surface area contributed by atoms with Gasteiger partial charge in [0.1, 0.15) is 5.78 Å². The van der Waals surface area contributed by atoms with Gasteiger partial charge in [0.2, 0.25) is 5.91 Å². The van der Waals surface area contributed by atoms with Gasteiger partial charge < -0.3 is 10.2 Å². The fourth-order valence-corrected chi connectivity index (χ4v) is 3.57. The molecule has 1 aromatic rings. The van der Waals surface area contributed by atoms with Gasteiger partial charge >= 0.3 is 0 Å². The fraction of sp³-hybridized carbons (Fsp3) is 0.600. The number of hydrogen-bond acceptors (Lipinski definition) is 4. The minimum Gasteiger partial charge on any atom is -0.351 e. The number of benzene rings is 1. The van der Waals surface area contributed by atoms with Crippen molar-refractivity contribution in [2.75, 3.05) is 33.2 Å². The molecule has 0 unspecified atom stereocenters. The van der Waals surface area contributed by atoms with Crippen molar-refractivity contribution in [3.8, 4) is 0 Å². The Bertz CT molecular complexity index is 586. The lowest BCUT2D eigenvalue weighted by Crippen LogP contribution is -2.49. The fourth-order valence-electron chi connectivity index (χ4n) is 3.57. The van der Waals surface area contributed by atoms with E-state index in [1.807, 2.05) is 19.9 Å². The van der Waals surface area contributed by atoms with E-state index >= 15 is 0 Å². The normalized spacial score (nSPS) is 19.6. The average molecular weight is 345 g/mol. The Morgan fingerprint density at radius 1 is 1.20 bits per heavy atom. The molecule has 0 aromatic heterocycles. The summed E-state index contributed by atoms with van der Waals surface area (Å²) in [5.41, 5.74) is 0.815. The maximum Gasteiger partial charge on any atom is 0.221 e. The molecule has 0 radical (unpaired) electrons. The van der Waals surface area contributed by atoms with Gasteiger partial charge in [-0.3, -0.25) is 14.5 Å². The van der Waals surface area contributed by atoms with Gasteiger partial charge in [0.25, 0.3) is 0 Å². The van der Waals surface area contributed by atoms with Gasteiger partial charge in [-0.2, -0.15) is 0 Å². The van der Waals surface area contributed by atoms with Crippen LogP contribution in [0.2, 0.25) is 0 Å². The molecule has 5 heteroatoms. The predicted octanol–water partition coefficient (Wildman–Crippen LogP) is 2.24. The van der Waals surface area contributed by atoms with Crippen molar-refractivity contribution in [3.63, 3.8) is 0 Å². The molecule has 0 bridgehead atoms. The highest BCUT2D eigenvalue weighted by Crippen LogP contribution is 2.24. The Labute approximate surface area is 151 Å². The van der Waals surface area contributed by atoms with Crippen LogP contribution in [0.15, 0.2) is 30.3 Å². The van der Waals surface area contributed by atoms with E-state index in [-0.39, 0.29) is 11.7 Å². The summed E-state index contributed by atoms with van der Waals surface area (Å²) in [5.74, 6) is 0.102. The Morgan fingerprint density at radius 2 is 1.88 bits per heavy atom. The highest BCUT2D eigenvalue weighted by atomic mass is 16.2. The third-order valence-corrected chi connectivity index (χ3v) is 4.67. The molecule has 5 nitrogen and oxygen atoms in total. The maximum atomic E-state index is 12.3. The summed E-state index contributed by atoms with van der Waals surface area (Å²) in [7, 11) is 2.14. The number of amides is 1. The summed E-state index contributed by atoms with van der Waals surface area (Å²) < 4.78 is 0. The van der Waals surface area contributed by atoms with Crippen LogP contribution in [0.4, 0.5) is 0 Å². The van der Waals surface area contributed by atoms with Gasteiger partial charge in [-0.25, -0.2) is 0 Å². The molecule has 0 aliphatic carbocycles. The Kier molecular flexibility index (Phi) is 6.73. The number of nitrogens with one attached hydrogen (secondary N) is 1. The van der Waals surface area contributed by atoms with Crippen LogP contribution in [0.3, 0.4) is 0 Å². The minimum atomic E-state index is -0.482. The van der Waals surface area contributed by atoms with E-state index < -0.39 is 5.54 Å².